The third kappa shape index (κ3) is 8.42. The Bertz CT molecular complexity index is 1140. The molecular formula is C30H35ClN2O2S. The smallest absolute Gasteiger partial charge is 0.243 e. The molecule has 3 aromatic rings. The molecule has 0 saturated carbocycles. The van der Waals surface area contributed by atoms with Crippen LogP contribution in [0.5, 0.6) is 0 Å². The van der Waals surface area contributed by atoms with Crippen molar-refractivity contribution in [1.29, 1.82) is 0 Å². The van der Waals surface area contributed by atoms with Crippen LogP contribution >= 0.6 is 23.4 Å². The minimum atomic E-state index is -0.612. The van der Waals surface area contributed by atoms with Crippen LogP contribution in [-0.2, 0) is 28.3 Å². The first-order chi connectivity index (χ1) is 17.3. The van der Waals surface area contributed by atoms with Crippen LogP contribution < -0.4 is 5.32 Å². The van der Waals surface area contributed by atoms with Crippen molar-refractivity contribution < 1.29 is 9.59 Å². The third-order valence-corrected chi connectivity index (χ3v) is 7.33. The van der Waals surface area contributed by atoms with Gasteiger partial charge in [0.05, 0.1) is 5.75 Å². The zero-order chi connectivity index (χ0) is 25.9. The van der Waals surface area contributed by atoms with E-state index >= 15 is 0 Å². The fourth-order valence-corrected chi connectivity index (χ4v) is 5.09. The number of carbonyl (C=O) groups is 2. The lowest BCUT2D eigenvalue weighted by atomic mass is 10.0. The van der Waals surface area contributed by atoms with E-state index in [2.05, 4.69) is 19.2 Å². The Kier molecular flexibility index (Phi) is 10.9. The molecule has 4 nitrogen and oxygen atoms in total. The zero-order valence-corrected chi connectivity index (χ0v) is 22.8. The van der Waals surface area contributed by atoms with Crippen molar-refractivity contribution in [3.63, 3.8) is 0 Å². The number of hydrogen-bond acceptors (Lipinski definition) is 3. The monoisotopic (exact) mass is 522 g/mol. The third-order valence-electron chi connectivity index (χ3n) is 6.00. The van der Waals surface area contributed by atoms with Crippen LogP contribution in [0.25, 0.3) is 0 Å². The summed E-state index contributed by atoms with van der Waals surface area (Å²) in [5, 5.41) is 3.77. The van der Waals surface area contributed by atoms with Crippen LogP contribution in [0.15, 0.2) is 78.9 Å². The van der Waals surface area contributed by atoms with Gasteiger partial charge in [-0.1, -0.05) is 98.2 Å². The minimum absolute atomic E-state index is 0.0593. The average Bonchev–Trinajstić information content (AvgIpc) is 2.87. The van der Waals surface area contributed by atoms with Gasteiger partial charge in [0.25, 0.3) is 0 Å². The molecule has 0 aliphatic carbocycles. The van der Waals surface area contributed by atoms with E-state index in [1.807, 2.05) is 85.8 Å². The van der Waals surface area contributed by atoms with Gasteiger partial charge in [0, 0.05) is 30.3 Å². The number of nitrogens with one attached hydrogen (secondary N) is 1. The fraction of sp³-hybridized carbons (Fsp3) is 0.333. The van der Waals surface area contributed by atoms with Gasteiger partial charge in [0.1, 0.15) is 6.04 Å². The maximum Gasteiger partial charge on any atom is 0.243 e. The number of amides is 2. The Hall–Kier alpha value is -2.76. The lowest BCUT2D eigenvalue weighted by molar-refractivity contribution is -0.139. The lowest BCUT2D eigenvalue weighted by Crippen LogP contribution is -2.51. The van der Waals surface area contributed by atoms with Crippen molar-refractivity contribution in [2.75, 3.05) is 12.3 Å². The van der Waals surface area contributed by atoms with E-state index in [1.54, 1.807) is 4.90 Å². The maximum absolute atomic E-state index is 13.7. The van der Waals surface area contributed by atoms with Gasteiger partial charge < -0.3 is 10.2 Å². The Morgan fingerprint density at radius 2 is 1.56 bits per heavy atom. The summed E-state index contributed by atoms with van der Waals surface area (Å²) in [6.07, 6.45) is 0.456. The first kappa shape index (κ1) is 27.8. The highest BCUT2D eigenvalue weighted by Crippen LogP contribution is 2.23. The van der Waals surface area contributed by atoms with Crippen LogP contribution in [-0.4, -0.2) is 35.1 Å². The van der Waals surface area contributed by atoms with Crippen molar-refractivity contribution in [2.45, 2.75) is 45.5 Å². The molecule has 3 aromatic carbocycles. The number of halogens is 1. The minimum Gasteiger partial charge on any atom is -0.354 e. The van der Waals surface area contributed by atoms with Gasteiger partial charge >= 0.3 is 0 Å². The summed E-state index contributed by atoms with van der Waals surface area (Å²) in [6.45, 7) is 7.11. The molecule has 1 atom stereocenters. The van der Waals surface area contributed by atoms with Gasteiger partial charge in [-0.15, -0.1) is 11.8 Å². The Morgan fingerprint density at radius 1 is 0.917 bits per heavy atom. The van der Waals surface area contributed by atoms with E-state index in [1.165, 1.54) is 11.8 Å². The molecule has 190 valence electrons. The quantitative estimate of drug-likeness (QED) is 0.304. The molecule has 0 radical (unpaired) electrons. The van der Waals surface area contributed by atoms with E-state index < -0.39 is 6.04 Å². The molecule has 0 aliphatic heterocycles. The largest absolute Gasteiger partial charge is 0.354 e. The highest BCUT2D eigenvalue weighted by Gasteiger charge is 2.30. The number of nitrogens with zero attached hydrogens (tertiary/aromatic N) is 1. The lowest BCUT2D eigenvalue weighted by Gasteiger charge is -2.32. The van der Waals surface area contributed by atoms with Crippen LogP contribution in [0.2, 0.25) is 5.02 Å². The van der Waals surface area contributed by atoms with Crippen LogP contribution in [0.4, 0.5) is 0 Å². The summed E-state index contributed by atoms with van der Waals surface area (Å²) >= 11 is 7.83. The molecule has 6 heteroatoms. The Morgan fingerprint density at radius 3 is 2.22 bits per heavy atom. The average molecular weight is 523 g/mol. The molecule has 0 aromatic heterocycles. The van der Waals surface area contributed by atoms with Crippen LogP contribution in [0.3, 0.4) is 0 Å². The van der Waals surface area contributed by atoms with E-state index in [0.29, 0.717) is 36.2 Å². The molecule has 1 N–H and O–H groups in total. The number of carbonyl (C=O) groups excluding carboxylic acids is 2. The van der Waals surface area contributed by atoms with Crippen molar-refractivity contribution >= 4 is 35.2 Å². The second kappa shape index (κ2) is 14.1. The first-order valence-electron chi connectivity index (χ1n) is 12.3. The molecule has 0 bridgehead atoms. The highest BCUT2D eigenvalue weighted by atomic mass is 35.5. The molecule has 3 rings (SSSR count). The van der Waals surface area contributed by atoms with Crippen LogP contribution in [0.1, 0.15) is 36.1 Å². The summed E-state index contributed by atoms with van der Waals surface area (Å²) in [5.41, 5.74) is 4.16. The Labute approximate surface area is 224 Å². The summed E-state index contributed by atoms with van der Waals surface area (Å²) in [6, 6.07) is 25.0. The van der Waals surface area contributed by atoms with Gasteiger partial charge in [-0.3, -0.25) is 9.59 Å². The number of aryl methyl sites for hydroxylation is 1. The number of benzene rings is 3. The van der Waals surface area contributed by atoms with Crippen molar-refractivity contribution in [2.24, 2.45) is 5.92 Å². The van der Waals surface area contributed by atoms with Gasteiger partial charge in [-0.25, -0.2) is 0 Å². The standard InChI is InChI=1S/C30H35ClN2O2S/c1-22(2)18-32-30(35)28(17-24-12-5-4-6-13-24)33(19-25-14-8-7-11-23(25)3)29(34)21-36-20-26-15-9-10-16-27(26)31/h4-16,22,28H,17-21H2,1-3H3,(H,32,35)/t28-/m1/s1. The highest BCUT2D eigenvalue weighted by molar-refractivity contribution is 7.99. The van der Waals surface area contributed by atoms with E-state index in [-0.39, 0.29) is 17.6 Å². The first-order valence-corrected chi connectivity index (χ1v) is 13.8. The maximum atomic E-state index is 13.7. The van der Waals surface area contributed by atoms with Crippen molar-refractivity contribution in [1.82, 2.24) is 10.2 Å². The molecular weight excluding hydrogens is 488 g/mol. The Balaban J connectivity index is 1.86. The molecule has 0 aliphatic rings. The molecule has 0 unspecified atom stereocenters. The summed E-state index contributed by atoms with van der Waals surface area (Å²) in [7, 11) is 0. The second-order valence-electron chi connectivity index (χ2n) is 9.38. The molecule has 0 spiro atoms. The van der Waals surface area contributed by atoms with Crippen molar-refractivity contribution in [3.8, 4) is 0 Å². The van der Waals surface area contributed by atoms with Gasteiger partial charge in [0.15, 0.2) is 0 Å². The predicted octanol–water partition coefficient (Wildman–Crippen LogP) is 6.29. The fourth-order valence-electron chi connectivity index (χ4n) is 3.89. The molecule has 0 saturated heterocycles. The second-order valence-corrected chi connectivity index (χ2v) is 10.8. The topological polar surface area (TPSA) is 49.4 Å². The molecule has 0 fully saturated rings. The van der Waals surface area contributed by atoms with E-state index in [4.69, 9.17) is 11.6 Å². The molecule has 2 amide bonds. The van der Waals surface area contributed by atoms with Gasteiger partial charge in [0.2, 0.25) is 11.8 Å². The summed E-state index contributed by atoms with van der Waals surface area (Å²) in [5.74, 6) is 1.03. The van der Waals surface area contributed by atoms with E-state index in [9.17, 15) is 9.59 Å². The normalized spacial score (nSPS) is 11.8. The zero-order valence-electron chi connectivity index (χ0n) is 21.2. The summed E-state index contributed by atoms with van der Waals surface area (Å²) < 4.78 is 0. The van der Waals surface area contributed by atoms with Crippen LogP contribution in [0, 0.1) is 12.8 Å². The number of hydrogen-bond donors (Lipinski definition) is 1. The molecule has 36 heavy (non-hydrogen) atoms. The summed E-state index contributed by atoms with van der Waals surface area (Å²) in [4.78, 5) is 28.9. The van der Waals surface area contributed by atoms with Crippen molar-refractivity contribution in [3.05, 3.63) is 106 Å². The molecule has 0 heterocycles. The number of rotatable bonds is 12. The van der Waals surface area contributed by atoms with Gasteiger partial charge in [-0.2, -0.15) is 0 Å². The number of thioether (sulfide) groups is 1. The predicted molar refractivity (Wildman–Crippen MR) is 151 cm³/mol. The van der Waals surface area contributed by atoms with E-state index in [0.717, 1.165) is 22.3 Å². The van der Waals surface area contributed by atoms with Gasteiger partial charge in [-0.05, 0) is 41.2 Å². The SMILES string of the molecule is Cc1ccccc1CN(C(=O)CSCc1ccccc1Cl)[C@H](Cc1ccccc1)C(=O)NCC(C)C.